The van der Waals surface area contributed by atoms with Gasteiger partial charge in [-0.05, 0) is 24.3 Å². The molecule has 0 aliphatic rings. The minimum atomic E-state index is -0.877. The van der Waals surface area contributed by atoms with E-state index in [0.29, 0.717) is 0 Å². The molecule has 0 fully saturated rings. The predicted molar refractivity (Wildman–Crippen MR) is 58.9 cm³/mol. The molecule has 104 valence electrons. The summed E-state index contributed by atoms with van der Waals surface area (Å²) in [5.41, 5.74) is 0. The van der Waals surface area contributed by atoms with Crippen molar-refractivity contribution >= 4 is 18.0 Å². The van der Waals surface area contributed by atoms with Gasteiger partial charge in [-0.1, -0.05) is 0 Å². The van der Waals surface area contributed by atoms with Crippen molar-refractivity contribution in [2.45, 2.75) is 20.4 Å². The van der Waals surface area contributed by atoms with Crippen LogP contribution in [0.1, 0.15) is 24.5 Å². The molecule has 10 nitrogen and oxygen atoms in total. The van der Waals surface area contributed by atoms with Crippen LogP contribution in [0.2, 0.25) is 0 Å². The van der Waals surface area contributed by atoms with Gasteiger partial charge in [0, 0.05) is 0 Å². The molecule has 1 aromatic heterocycles. The van der Waals surface area contributed by atoms with Crippen LogP contribution in [0.4, 0.5) is 4.79 Å². The molecule has 0 saturated carbocycles. The van der Waals surface area contributed by atoms with Crippen LogP contribution in [0.3, 0.4) is 0 Å². The minimum Gasteiger partial charge on any atom is -0.460 e. The Balaban J connectivity index is 2.62. The van der Waals surface area contributed by atoms with E-state index < -0.39 is 24.5 Å². The van der Waals surface area contributed by atoms with Gasteiger partial charge in [-0.15, -0.1) is 5.10 Å². The third-order valence-electron chi connectivity index (χ3n) is 1.80. The fourth-order valence-electron chi connectivity index (χ4n) is 1.11. The number of esters is 1. The molecule has 0 unspecified atom stereocenters. The Labute approximate surface area is 108 Å². The van der Waals surface area contributed by atoms with E-state index in [-0.39, 0.29) is 19.0 Å². The summed E-state index contributed by atoms with van der Waals surface area (Å²) in [7, 11) is 0. The van der Waals surface area contributed by atoms with Gasteiger partial charge in [0.05, 0.1) is 13.2 Å². The first kappa shape index (κ1) is 14.5. The van der Waals surface area contributed by atoms with Crippen molar-refractivity contribution in [3.63, 3.8) is 0 Å². The summed E-state index contributed by atoms with van der Waals surface area (Å²) in [5, 5.41) is 12.1. The molecule has 0 aromatic carbocycles. The second-order valence-corrected chi connectivity index (χ2v) is 3.15. The Kier molecular flexibility index (Phi) is 5.38. The van der Waals surface area contributed by atoms with Gasteiger partial charge in [0.15, 0.2) is 0 Å². The van der Waals surface area contributed by atoms with Gasteiger partial charge in [0.2, 0.25) is 0 Å². The van der Waals surface area contributed by atoms with Gasteiger partial charge in [0.25, 0.3) is 11.7 Å². The number of nitrogens with one attached hydrogen (secondary N) is 1. The number of hydrogen-bond acceptors (Lipinski definition) is 8. The smallest absolute Gasteiger partial charge is 0.413 e. The van der Waals surface area contributed by atoms with Crippen LogP contribution < -0.4 is 5.32 Å². The lowest BCUT2D eigenvalue weighted by atomic mass is 10.5. The Bertz CT molecular complexity index is 471. The van der Waals surface area contributed by atoms with Crippen LogP contribution >= 0.6 is 0 Å². The predicted octanol–water partition coefficient (Wildman–Crippen LogP) is -0.878. The van der Waals surface area contributed by atoms with E-state index >= 15 is 0 Å². The maximum Gasteiger partial charge on any atom is 0.413 e. The van der Waals surface area contributed by atoms with Crippen molar-refractivity contribution in [3.05, 3.63) is 5.82 Å². The molecule has 0 bridgehead atoms. The molecular weight excluding hydrogens is 258 g/mol. The Hall–Kier alpha value is -2.52. The summed E-state index contributed by atoms with van der Waals surface area (Å²) in [6.07, 6.45) is -0.877. The SMILES string of the molecule is CCOC(=O)NC(=O)Cn1nnnc1C(=O)OCC. The molecule has 0 spiro atoms. The maximum atomic E-state index is 11.4. The van der Waals surface area contributed by atoms with Gasteiger partial charge in [-0.2, -0.15) is 0 Å². The summed E-state index contributed by atoms with van der Waals surface area (Å²) in [4.78, 5) is 33.9. The van der Waals surface area contributed by atoms with Crippen molar-refractivity contribution in [1.82, 2.24) is 25.5 Å². The van der Waals surface area contributed by atoms with Gasteiger partial charge in [0.1, 0.15) is 6.54 Å². The standard InChI is InChI=1S/C9H13N5O5/c1-3-18-8(16)7-11-12-13-14(7)5-6(15)10-9(17)19-4-2/h3-5H2,1-2H3,(H,10,15,17). The molecule has 0 aliphatic heterocycles. The normalized spacial score (nSPS) is 9.79. The number of carbonyl (C=O) groups excluding carboxylic acids is 3. The lowest BCUT2D eigenvalue weighted by molar-refractivity contribution is -0.121. The summed E-state index contributed by atoms with van der Waals surface area (Å²) < 4.78 is 10.2. The van der Waals surface area contributed by atoms with Crippen LogP contribution in [-0.2, 0) is 20.8 Å². The average molecular weight is 271 g/mol. The van der Waals surface area contributed by atoms with Crippen LogP contribution in [0, 0.1) is 0 Å². The van der Waals surface area contributed by atoms with E-state index in [1.165, 1.54) is 0 Å². The molecule has 2 amide bonds. The first-order chi connectivity index (χ1) is 9.08. The molecule has 0 saturated heterocycles. The molecule has 1 aromatic rings. The van der Waals surface area contributed by atoms with E-state index in [2.05, 4.69) is 20.3 Å². The molecule has 19 heavy (non-hydrogen) atoms. The molecule has 0 radical (unpaired) electrons. The fraction of sp³-hybridized carbons (Fsp3) is 0.556. The minimum absolute atomic E-state index is 0.137. The third-order valence-corrected chi connectivity index (χ3v) is 1.80. The number of alkyl carbamates (subject to hydrolysis) is 1. The molecule has 0 aliphatic carbocycles. The highest BCUT2D eigenvalue weighted by atomic mass is 16.5. The lowest BCUT2D eigenvalue weighted by Gasteiger charge is -2.05. The summed E-state index contributed by atoms with van der Waals surface area (Å²) >= 11 is 0. The summed E-state index contributed by atoms with van der Waals surface area (Å²) in [5.74, 6) is -1.69. The highest BCUT2D eigenvalue weighted by molar-refractivity contribution is 5.92. The monoisotopic (exact) mass is 271 g/mol. The topological polar surface area (TPSA) is 125 Å². The lowest BCUT2D eigenvalue weighted by Crippen LogP contribution is -2.34. The van der Waals surface area contributed by atoms with Gasteiger partial charge < -0.3 is 9.47 Å². The quantitative estimate of drug-likeness (QED) is 0.684. The van der Waals surface area contributed by atoms with Gasteiger partial charge in [-0.3, -0.25) is 10.1 Å². The number of ether oxygens (including phenoxy) is 2. The van der Waals surface area contributed by atoms with Crippen molar-refractivity contribution < 1.29 is 23.9 Å². The van der Waals surface area contributed by atoms with Crippen molar-refractivity contribution in [2.75, 3.05) is 13.2 Å². The van der Waals surface area contributed by atoms with E-state index in [1.54, 1.807) is 13.8 Å². The highest BCUT2D eigenvalue weighted by Gasteiger charge is 2.19. The number of aromatic nitrogens is 4. The Morgan fingerprint density at radius 2 is 1.89 bits per heavy atom. The zero-order chi connectivity index (χ0) is 14.3. The Morgan fingerprint density at radius 1 is 1.21 bits per heavy atom. The van der Waals surface area contributed by atoms with E-state index in [0.717, 1.165) is 4.68 Å². The number of rotatable bonds is 5. The van der Waals surface area contributed by atoms with Crippen molar-refractivity contribution in [2.24, 2.45) is 0 Å². The number of hydrogen-bond donors (Lipinski definition) is 1. The van der Waals surface area contributed by atoms with Crippen molar-refractivity contribution in [1.29, 1.82) is 0 Å². The summed E-state index contributed by atoms with van der Waals surface area (Å²) in [6.45, 7) is 3.11. The highest BCUT2D eigenvalue weighted by Crippen LogP contribution is 1.96. The first-order valence-electron chi connectivity index (χ1n) is 5.48. The number of imide groups is 1. The van der Waals surface area contributed by atoms with Gasteiger partial charge in [-0.25, -0.2) is 14.3 Å². The largest absolute Gasteiger partial charge is 0.460 e. The maximum absolute atomic E-state index is 11.4. The van der Waals surface area contributed by atoms with Crippen LogP contribution in [0.5, 0.6) is 0 Å². The van der Waals surface area contributed by atoms with E-state index in [4.69, 9.17) is 4.74 Å². The zero-order valence-electron chi connectivity index (χ0n) is 10.5. The van der Waals surface area contributed by atoms with Crippen LogP contribution in [-0.4, -0.2) is 51.4 Å². The average Bonchev–Trinajstić information content (AvgIpc) is 2.77. The number of amides is 2. The molecule has 0 atom stereocenters. The van der Waals surface area contributed by atoms with E-state index in [1.807, 2.05) is 5.32 Å². The molecule has 1 rings (SSSR count). The second-order valence-electron chi connectivity index (χ2n) is 3.15. The first-order valence-corrected chi connectivity index (χ1v) is 5.48. The fourth-order valence-corrected chi connectivity index (χ4v) is 1.11. The Morgan fingerprint density at radius 3 is 2.53 bits per heavy atom. The third kappa shape index (κ3) is 4.33. The van der Waals surface area contributed by atoms with Crippen LogP contribution in [0.15, 0.2) is 0 Å². The van der Waals surface area contributed by atoms with Crippen molar-refractivity contribution in [3.8, 4) is 0 Å². The molecule has 1 heterocycles. The zero-order valence-corrected chi connectivity index (χ0v) is 10.5. The number of nitrogens with zero attached hydrogens (tertiary/aromatic N) is 4. The molecular formula is C9H13N5O5. The number of carbonyl (C=O) groups is 3. The molecule has 1 N–H and O–H groups in total. The van der Waals surface area contributed by atoms with Gasteiger partial charge >= 0.3 is 12.1 Å². The molecule has 10 heteroatoms. The van der Waals surface area contributed by atoms with E-state index in [9.17, 15) is 14.4 Å². The second kappa shape index (κ2) is 7.03. The number of tetrazole rings is 1. The summed E-state index contributed by atoms with van der Waals surface area (Å²) in [6, 6.07) is 0. The van der Waals surface area contributed by atoms with Crippen LogP contribution in [0.25, 0.3) is 0 Å².